The monoisotopic (exact) mass is 352 g/mol. The summed E-state index contributed by atoms with van der Waals surface area (Å²) in [6.45, 7) is 1.49. The first-order valence-corrected chi connectivity index (χ1v) is 9.24. The number of carbonyl (C=O) groups excluding carboxylic acids is 1. The van der Waals surface area contributed by atoms with E-state index < -0.39 is 0 Å². The summed E-state index contributed by atoms with van der Waals surface area (Å²) in [4.78, 5) is 20.9. The summed E-state index contributed by atoms with van der Waals surface area (Å²) in [6.07, 6.45) is 6.05. The van der Waals surface area contributed by atoms with Crippen molar-refractivity contribution in [3.8, 4) is 5.75 Å². The zero-order valence-corrected chi connectivity index (χ0v) is 15.2. The van der Waals surface area contributed by atoms with Crippen molar-refractivity contribution in [2.75, 3.05) is 17.7 Å². The summed E-state index contributed by atoms with van der Waals surface area (Å²) >= 11 is 0. The van der Waals surface area contributed by atoms with E-state index in [2.05, 4.69) is 16.7 Å². The Kier molecular flexibility index (Phi) is 4.49. The molecule has 2 saturated carbocycles. The maximum Gasteiger partial charge on any atom is 0.221 e. The summed E-state index contributed by atoms with van der Waals surface area (Å²) in [7, 11) is 1.63. The van der Waals surface area contributed by atoms with Gasteiger partial charge in [0.2, 0.25) is 5.91 Å². The Morgan fingerprint density at radius 1 is 1.12 bits per heavy atom. The largest absolute Gasteiger partial charge is 0.495 e. The average Bonchev–Trinajstić information content (AvgIpc) is 3.37. The first kappa shape index (κ1) is 16.8. The van der Waals surface area contributed by atoms with Crippen LogP contribution in [-0.2, 0) is 4.79 Å². The number of nitrogens with one attached hydrogen (secondary N) is 2. The normalized spacial score (nSPS) is 16.7. The van der Waals surface area contributed by atoms with Crippen LogP contribution in [-0.4, -0.2) is 23.0 Å². The third-order valence-corrected chi connectivity index (χ3v) is 5.01. The lowest BCUT2D eigenvalue weighted by Gasteiger charge is -2.25. The van der Waals surface area contributed by atoms with E-state index in [9.17, 15) is 4.79 Å². The number of nitrogens with zero attached hydrogens (tertiary/aromatic N) is 2. The maximum absolute atomic E-state index is 11.3. The van der Waals surface area contributed by atoms with Crippen LogP contribution in [0.5, 0.6) is 5.75 Å². The molecule has 1 heterocycles. The molecule has 2 aromatic rings. The fourth-order valence-corrected chi connectivity index (χ4v) is 3.21. The molecule has 0 atom stereocenters. The first-order chi connectivity index (χ1) is 12.6. The quantitative estimate of drug-likeness (QED) is 0.809. The molecule has 1 aromatic heterocycles. The summed E-state index contributed by atoms with van der Waals surface area (Å²) in [6, 6.07) is 7.58. The number of aromatic nitrogens is 2. The van der Waals surface area contributed by atoms with Crippen LogP contribution >= 0.6 is 0 Å². The van der Waals surface area contributed by atoms with Crippen LogP contribution in [0.3, 0.4) is 0 Å². The van der Waals surface area contributed by atoms with Gasteiger partial charge in [0.05, 0.1) is 12.8 Å². The number of benzene rings is 1. The molecular weight excluding hydrogens is 328 g/mol. The van der Waals surface area contributed by atoms with Crippen molar-refractivity contribution in [3.05, 3.63) is 35.8 Å². The Hall–Kier alpha value is -2.63. The molecule has 0 saturated heterocycles. The van der Waals surface area contributed by atoms with Crippen LogP contribution in [0.2, 0.25) is 0 Å². The van der Waals surface area contributed by atoms with Crippen LogP contribution in [0.1, 0.15) is 62.4 Å². The van der Waals surface area contributed by atoms with E-state index in [0.717, 1.165) is 28.7 Å². The van der Waals surface area contributed by atoms with E-state index in [-0.39, 0.29) is 5.91 Å². The molecular formula is C20H24N4O2. The molecule has 2 fully saturated rings. The Morgan fingerprint density at radius 2 is 1.92 bits per heavy atom. The van der Waals surface area contributed by atoms with Gasteiger partial charge in [-0.05, 0) is 43.9 Å². The second-order valence-electron chi connectivity index (χ2n) is 7.16. The number of ether oxygens (including phenoxy) is 1. The first-order valence-electron chi connectivity index (χ1n) is 9.24. The zero-order chi connectivity index (χ0) is 18.1. The summed E-state index contributed by atoms with van der Waals surface area (Å²) < 4.78 is 5.46. The number of hydrogen-bond acceptors (Lipinski definition) is 5. The fourth-order valence-electron chi connectivity index (χ4n) is 3.21. The second kappa shape index (κ2) is 6.94. The standard InChI is InChI=1S/C20H24N4O2/c1-12(25)21-15-8-9-18(26-2)17(10-15)22-19-11-16(13-4-3-5-13)23-20(24-19)14-6-7-14/h8-11,13-14H,3-7H2,1-2H3,(H,21,25)(H,22,23,24). The summed E-state index contributed by atoms with van der Waals surface area (Å²) in [5, 5.41) is 6.18. The van der Waals surface area contributed by atoms with Crippen LogP contribution in [0, 0.1) is 0 Å². The van der Waals surface area contributed by atoms with Crippen LogP contribution in [0.4, 0.5) is 17.2 Å². The highest BCUT2D eigenvalue weighted by atomic mass is 16.5. The molecule has 0 unspecified atom stereocenters. The molecule has 2 aliphatic carbocycles. The van der Waals surface area contributed by atoms with E-state index in [1.54, 1.807) is 7.11 Å². The molecule has 1 amide bonds. The van der Waals surface area contributed by atoms with Crippen molar-refractivity contribution in [1.82, 2.24) is 9.97 Å². The molecule has 2 N–H and O–H groups in total. The molecule has 6 heteroatoms. The van der Waals surface area contributed by atoms with E-state index in [0.29, 0.717) is 17.6 Å². The van der Waals surface area contributed by atoms with Gasteiger partial charge in [0.1, 0.15) is 17.4 Å². The van der Waals surface area contributed by atoms with Gasteiger partial charge in [-0.2, -0.15) is 0 Å². The maximum atomic E-state index is 11.3. The van der Waals surface area contributed by atoms with E-state index >= 15 is 0 Å². The third-order valence-electron chi connectivity index (χ3n) is 5.01. The van der Waals surface area contributed by atoms with Crippen molar-refractivity contribution >= 4 is 23.1 Å². The number of amides is 1. The molecule has 0 bridgehead atoms. The van der Waals surface area contributed by atoms with E-state index in [4.69, 9.17) is 14.7 Å². The molecule has 4 rings (SSSR count). The van der Waals surface area contributed by atoms with Crippen LogP contribution in [0.25, 0.3) is 0 Å². The van der Waals surface area contributed by atoms with Gasteiger partial charge in [-0.15, -0.1) is 0 Å². The second-order valence-corrected chi connectivity index (χ2v) is 7.16. The van der Waals surface area contributed by atoms with E-state index in [1.165, 1.54) is 39.0 Å². The Morgan fingerprint density at radius 3 is 2.54 bits per heavy atom. The van der Waals surface area contributed by atoms with Gasteiger partial charge in [-0.1, -0.05) is 6.42 Å². The third kappa shape index (κ3) is 3.64. The number of anilines is 3. The highest BCUT2D eigenvalue weighted by Gasteiger charge is 2.29. The van der Waals surface area contributed by atoms with Gasteiger partial charge in [0, 0.05) is 36.2 Å². The lowest BCUT2D eigenvalue weighted by Crippen LogP contribution is -2.13. The Bertz CT molecular complexity index is 829. The van der Waals surface area contributed by atoms with Crippen molar-refractivity contribution in [3.63, 3.8) is 0 Å². The molecule has 1 aromatic carbocycles. The van der Waals surface area contributed by atoms with E-state index in [1.807, 2.05) is 18.2 Å². The van der Waals surface area contributed by atoms with Gasteiger partial charge in [0.25, 0.3) is 0 Å². The molecule has 2 aliphatic rings. The minimum absolute atomic E-state index is 0.105. The van der Waals surface area contributed by atoms with Gasteiger partial charge in [-0.25, -0.2) is 9.97 Å². The minimum atomic E-state index is -0.105. The van der Waals surface area contributed by atoms with Crippen LogP contribution in [0.15, 0.2) is 24.3 Å². The minimum Gasteiger partial charge on any atom is -0.495 e. The van der Waals surface area contributed by atoms with Gasteiger partial charge in [0.15, 0.2) is 0 Å². The molecule has 136 valence electrons. The number of methoxy groups -OCH3 is 1. The SMILES string of the molecule is COc1ccc(NC(C)=O)cc1Nc1cc(C2CCC2)nc(C2CC2)n1. The number of carbonyl (C=O) groups is 1. The average molecular weight is 352 g/mol. The number of hydrogen-bond donors (Lipinski definition) is 2. The lowest BCUT2D eigenvalue weighted by molar-refractivity contribution is -0.114. The number of rotatable bonds is 6. The molecule has 0 aliphatic heterocycles. The predicted molar refractivity (Wildman–Crippen MR) is 101 cm³/mol. The van der Waals surface area contributed by atoms with Gasteiger partial charge < -0.3 is 15.4 Å². The smallest absolute Gasteiger partial charge is 0.221 e. The van der Waals surface area contributed by atoms with Crippen LogP contribution < -0.4 is 15.4 Å². The highest BCUT2D eigenvalue weighted by molar-refractivity contribution is 5.89. The van der Waals surface area contributed by atoms with Crippen molar-refractivity contribution < 1.29 is 9.53 Å². The summed E-state index contributed by atoms with van der Waals surface area (Å²) in [5.41, 5.74) is 2.64. The zero-order valence-electron chi connectivity index (χ0n) is 15.2. The molecule has 26 heavy (non-hydrogen) atoms. The van der Waals surface area contributed by atoms with Gasteiger partial charge in [-0.3, -0.25) is 4.79 Å². The molecule has 0 radical (unpaired) electrons. The van der Waals surface area contributed by atoms with Crippen molar-refractivity contribution in [2.24, 2.45) is 0 Å². The van der Waals surface area contributed by atoms with Crippen molar-refractivity contribution in [2.45, 2.75) is 50.9 Å². The summed E-state index contributed by atoms with van der Waals surface area (Å²) in [5.74, 6) is 3.41. The fraction of sp³-hybridized carbons (Fsp3) is 0.450. The Labute approximate surface area is 153 Å². The molecule has 6 nitrogen and oxygen atoms in total. The van der Waals surface area contributed by atoms with Crippen molar-refractivity contribution in [1.29, 1.82) is 0 Å². The Balaban J connectivity index is 1.65. The lowest BCUT2D eigenvalue weighted by atomic mass is 9.83. The highest BCUT2D eigenvalue weighted by Crippen LogP contribution is 2.42. The van der Waals surface area contributed by atoms with Gasteiger partial charge >= 0.3 is 0 Å². The predicted octanol–water partition coefficient (Wildman–Crippen LogP) is 4.33. The molecule has 0 spiro atoms. The topological polar surface area (TPSA) is 76.1 Å².